The summed E-state index contributed by atoms with van der Waals surface area (Å²) in [4.78, 5) is 24.4. The van der Waals surface area contributed by atoms with Gasteiger partial charge >= 0.3 is 11.8 Å². The lowest BCUT2D eigenvalue weighted by atomic mass is 10.4. The average molecular weight is 224 g/mol. The highest BCUT2D eigenvalue weighted by atomic mass is 16.2. The summed E-state index contributed by atoms with van der Waals surface area (Å²) in [7, 11) is 2.00. The first-order chi connectivity index (χ1) is 7.65. The fourth-order valence-corrected chi connectivity index (χ4v) is 1.32. The maximum Gasteiger partial charge on any atom is 0.310 e. The van der Waals surface area contributed by atoms with Gasteiger partial charge in [-0.3, -0.25) is 9.59 Å². The van der Waals surface area contributed by atoms with Crippen molar-refractivity contribution in [1.29, 1.82) is 5.26 Å². The molecule has 0 radical (unpaired) electrons. The van der Waals surface area contributed by atoms with E-state index in [4.69, 9.17) is 5.26 Å². The van der Waals surface area contributed by atoms with E-state index in [0.29, 0.717) is 12.6 Å². The first kappa shape index (κ1) is 12.5. The Morgan fingerprint density at radius 1 is 1.38 bits per heavy atom. The van der Waals surface area contributed by atoms with Gasteiger partial charge in [0.05, 0.1) is 6.07 Å². The van der Waals surface area contributed by atoms with E-state index in [1.54, 1.807) is 6.07 Å². The van der Waals surface area contributed by atoms with Gasteiger partial charge in [0.25, 0.3) is 0 Å². The number of carbonyl (C=O) groups is 2. The molecule has 16 heavy (non-hydrogen) atoms. The molecule has 1 aliphatic carbocycles. The largest absolute Gasteiger partial charge is 0.347 e. The van der Waals surface area contributed by atoms with Crippen molar-refractivity contribution >= 4 is 11.8 Å². The van der Waals surface area contributed by atoms with Crippen molar-refractivity contribution in [3.63, 3.8) is 0 Å². The zero-order chi connectivity index (χ0) is 12.0. The number of amides is 2. The normalized spacial score (nSPS) is 14.3. The lowest BCUT2D eigenvalue weighted by Crippen LogP contribution is -2.42. The van der Waals surface area contributed by atoms with E-state index in [2.05, 4.69) is 15.5 Å². The zero-order valence-corrected chi connectivity index (χ0v) is 9.32. The first-order valence-electron chi connectivity index (χ1n) is 5.28. The molecule has 0 aromatic carbocycles. The smallest absolute Gasteiger partial charge is 0.310 e. The van der Waals surface area contributed by atoms with Crippen LogP contribution in [0.1, 0.15) is 12.8 Å². The predicted octanol–water partition coefficient (Wildman–Crippen LogP) is -1.16. The molecule has 0 bridgehead atoms. The summed E-state index contributed by atoms with van der Waals surface area (Å²) < 4.78 is 0. The Balaban J connectivity index is 2.09. The quantitative estimate of drug-likeness (QED) is 0.455. The third-order valence-electron chi connectivity index (χ3n) is 2.45. The van der Waals surface area contributed by atoms with Gasteiger partial charge in [0.1, 0.15) is 6.54 Å². The maximum absolute atomic E-state index is 11.2. The van der Waals surface area contributed by atoms with Crippen LogP contribution < -0.4 is 10.6 Å². The van der Waals surface area contributed by atoms with Crippen LogP contribution in [-0.4, -0.2) is 49.4 Å². The molecule has 0 spiro atoms. The summed E-state index contributed by atoms with van der Waals surface area (Å²) in [6, 6.07) is 2.37. The van der Waals surface area contributed by atoms with Gasteiger partial charge in [-0.2, -0.15) is 5.26 Å². The second-order valence-corrected chi connectivity index (χ2v) is 3.81. The number of nitrogens with zero attached hydrogens (tertiary/aromatic N) is 2. The molecule has 0 heterocycles. The number of nitriles is 1. The van der Waals surface area contributed by atoms with Crippen LogP contribution in [0.2, 0.25) is 0 Å². The molecule has 88 valence electrons. The molecule has 6 nitrogen and oxygen atoms in total. The van der Waals surface area contributed by atoms with E-state index in [-0.39, 0.29) is 6.54 Å². The van der Waals surface area contributed by atoms with E-state index in [0.717, 1.165) is 6.54 Å². The minimum absolute atomic E-state index is 0.145. The Labute approximate surface area is 94.6 Å². The minimum atomic E-state index is -0.754. The number of hydrogen-bond acceptors (Lipinski definition) is 4. The van der Waals surface area contributed by atoms with Gasteiger partial charge in [0.15, 0.2) is 0 Å². The Kier molecular flexibility index (Phi) is 4.73. The number of hydrogen-bond donors (Lipinski definition) is 2. The SMILES string of the molecule is CN(CCNC(=O)C(=O)NCC#N)C1CC1. The molecule has 2 N–H and O–H groups in total. The monoisotopic (exact) mass is 224 g/mol. The molecule has 1 rings (SSSR count). The fraction of sp³-hybridized carbons (Fsp3) is 0.700. The van der Waals surface area contributed by atoms with Crippen LogP contribution in [-0.2, 0) is 9.59 Å². The average Bonchev–Trinajstić information content (AvgIpc) is 3.09. The molecule has 6 heteroatoms. The van der Waals surface area contributed by atoms with E-state index >= 15 is 0 Å². The summed E-state index contributed by atoms with van der Waals surface area (Å²) >= 11 is 0. The standard InChI is InChI=1S/C10H16N4O2/c1-14(8-2-3-8)7-6-13-10(16)9(15)12-5-4-11/h8H,2-3,5-7H2,1H3,(H,12,15)(H,13,16). The third kappa shape index (κ3) is 4.28. The molecule has 1 saturated carbocycles. The lowest BCUT2D eigenvalue weighted by Gasteiger charge is -2.15. The summed E-state index contributed by atoms with van der Waals surface area (Å²) in [6.07, 6.45) is 2.43. The highest BCUT2D eigenvalue weighted by molar-refractivity contribution is 6.35. The van der Waals surface area contributed by atoms with Gasteiger partial charge in [-0.25, -0.2) is 0 Å². The summed E-state index contributed by atoms with van der Waals surface area (Å²) in [5.41, 5.74) is 0. The van der Waals surface area contributed by atoms with E-state index in [9.17, 15) is 9.59 Å². The highest BCUT2D eigenvalue weighted by Crippen LogP contribution is 2.24. The summed E-state index contributed by atoms with van der Waals surface area (Å²) in [6.45, 7) is 1.04. The van der Waals surface area contributed by atoms with Gasteiger partial charge in [0.2, 0.25) is 0 Å². The van der Waals surface area contributed by atoms with Crippen LogP contribution in [0, 0.1) is 11.3 Å². The maximum atomic E-state index is 11.2. The van der Waals surface area contributed by atoms with E-state index in [1.165, 1.54) is 12.8 Å². The second-order valence-electron chi connectivity index (χ2n) is 3.81. The van der Waals surface area contributed by atoms with Crippen LogP contribution in [0.3, 0.4) is 0 Å². The van der Waals surface area contributed by atoms with E-state index in [1.807, 2.05) is 7.05 Å². The van der Waals surface area contributed by atoms with Crippen LogP contribution in [0.5, 0.6) is 0 Å². The molecule has 0 atom stereocenters. The second kappa shape index (κ2) is 6.08. The van der Waals surface area contributed by atoms with Crippen molar-refractivity contribution in [2.24, 2.45) is 0 Å². The number of nitrogens with one attached hydrogen (secondary N) is 2. The van der Waals surface area contributed by atoms with Crippen molar-refractivity contribution in [2.75, 3.05) is 26.7 Å². The highest BCUT2D eigenvalue weighted by Gasteiger charge is 2.25. The minimum Gasteiger partial charge on any atom is -0.347 e. The molecular weight excluding hydrogens is 208 g/mol. The summed E-state index contributed by atoms with van der Waals surface area (Å²) in [5.74, 6) is -1.44. The Bertz CT molecular complexity index is 306. The van der Waals surface area contributed by atoms with E-state index < -0.39 is 11.8 Å². The lowest BCUT2D eigenvalue weighted by molar-refractivity contribution is -0.139. The Hall–Kier alpha value is -1.61. The van der Waals surface area contributed by atoms with Gasteiger partial charge in [-0.15, -0.1) is 0 Å². The van der Waals surface area contributed by atoms with Crippen LogP contribution in [0.15, 0.2) is 0 Å². The molecule has 0 saturated heterocycles. The van der Waals surface area contributed by atoms with Crippen molar-refractivity contribution < 1.29 is 9.59 Å². The van der Waals surface area contributed by atoms with Crippen molar-refractivity contribution in [3.05, 3.63) is 0 Å². The molecule has 0 aliphatic heterocycles. The topological polar surface area (TPSA) is 85.2 Å². The van der Waals surface area contributed by atoms with Gasteiger partial charge in [0, 0.05) is 19.1 Å². The van der Waals surface area contributed by atoms with Crippen LogP contribution in [0.4, 0.5) is 0 Å². The van der Waals surface area contributed by atoms with Crippen LogP contribution >= 0.6 is 0 Å². The molecule has 1 fully saturated rings. The molecule has 0 aromatic rings. The fourth-order valence-electron chi connectivity index (χ4n) is 1.32. The van der Waals surface area contributed by atoms with Crippen molar-refractivity contribution in [2.45, 2.75) is 18.9 Å². The van der Waals surface area contributed by atoms with Crippen molar-refractivity contribution in [3.8, 4) is 6.07 Å². The van der Waals surface area contributed by atoms with Crippen molar-refractivity contribution in [1.82, 2.24) is 15.5 Å². The molecule has 0 aromatic heterocycles. The number of likely N-dealkylation sites (N-methyl/N-ethyl adjacent to an activating group) is 1. The molecular formula is C10H16N4O2. The molecule has 0 unspecified atom stereocenters. The zero-order valence-electron chi connectivity index (χ0n) is 9.32. The number of carbonyl (C=O) groups excluding carboxylic acids is 2. The first-order valence-corrected chi connectivity index (χ1v) is 5.28. The summed E-state index contributed by atoms with van der Waals surface area (Å²) in [5, 5.41) is 12.9. The van der Waals surface area contributed by atoms with Gasteiger partial charge < -0.3 is 15.5 Å². The Morgan fingerprint density at radius 3 is 2.56 bits per heavy atom. The Morgan fingerprint density at radius 2 is 2.00 bits per heavy atom. The number of rotatable bonds is 5. The van der Waals surface area contributed by atoms with Crippen LogP contribution in [0.25, 0.3) is 0 Å². The molecule has 1 aliphatic rings. The van der Waals surface area contributed by atoms with Gasteiger partial charge in [-0.05, 0) is 19.9 Å². The van der Waals surface area contributed by atoms with Gasteiger partial charge in [-0.1, -0.05) is 0 Å². The third-order valence-corrected chi connectivity index (χ3v) is 2.45. The predicted molar refractivity (Wildman–Crippen MR) is 57.3 cm³/mol. The molecule has 2 amide bonds.